The number of hydrogen-bond donors (Lipinski definition) is 0. The van der Waals surface area contributed by atoms with Gasteiger partial charge in [0.1, 0.15) is 0 Å². The predicted octanol–water partition coefficient (Wildman–Crippen LogP) is 4.72. The molecule has 0 unspecified atom stereocenters. The van der Waals surface area contributed by atoms with Crippen molar-refractivity contribution in [1.29, 1.82) is 0 Å². The molecule has 0 spiro atoms. The first kappa shape index (κ1) is 25.7. The molecule has 0 radical (unpaired) electrons. The zero-order chi connectivity index (χ0) is 25.8. The number of halogens is 3. The molecule has 0 aliphatic carbocycles. The van der Waals surface area contributed by atoms with Crippen LogP contribution in [0.5, 0.6) is 0 Å². The number of fused-ring (bicyclic) bond motifs is 1. The van der Waals surface area contributed by atoms with Crippen molar-refractivity contribution in [3.63, 3.8) is 0 Å². The highest BCUT2D eigenvalue weighted by Crippen LogP contribution is 2.46. The van der Waals surface area contributed by atoms with Crippen LogP contribution in [0.2, 0.25) is 10.0 Å². The maximum Gasteiger partial charge on any atom is 0.264 e. The van der Waals surface area contributed by atoms with Crippen LogP contribution in [0, 0.1) is 0 Å². The van der Waals surface area contributed by atoms with E-state index >= 15 is 0 Å². The van der Waals surface area contributed by atoms with Crippen LogP contribution < -0.4 is 4.90 Å². The van der Waals surface area contributed by atoms with Crippen LogP contribution in [0.4, 0.5) is 11.6 Å². The molecule has 190 valence electrons. The van der Waals surface area contributed by atoms with Crippen molar-refractivity contribution in [2.75, 3.05) is 38.1 Å². The number of nitrogens with zero attached hydrogens (tertiary/aromatic N) is 5. The van der Waals surface area contributed by atoms with E-state index in [2.05, 4.69) is 25.8 Å². The van der Waals surface area contributed by atoms with Crippen molar-refractivity contribution < 1.29 is 13.2 Å². The van der Waals surface area contributed by atoms with E-state index in [1.54, 1.807) is 37.3 Å². The summed E-state index contributed by atoms with van der Waals surface area (Å²) in [5.74, 6) is -0.174. The second-order valence-corrected chi connectivity index (χ2v) is 12.8. The van der Waals surface area contributed by atoms with Gasteiger partial charge < -0.3 is 4.90 Å². The van der Waals surface area contributed by atoms with Crippen LogP contribution in [-0.4, -0.2) is 66.3 Å². The fourth-order valence-electron chi connectivity index (χ4n) is 4.81. The lowest BCUT2D eigenvalue weighted by Gasteiger charge is -2.28. The van der Waals surface area contributed by atoms with Gasteiger partial charge in [0.25, 0.3) is 15.9 Å². The fourth-order valence-corrected chi connectivity index (χ4v) is 7.23. The summed E-state index contributed by atoms with van der Waals surface area (Å²) in [4.78, 5) is 22.1. The molecule has 1 amide bonds. The third kappa shape index (κ3) is 4.17. The van der Waals surface area contributed by atoms with Crippen molar-refractivity contribution in [1.82, 2.24) is 18.8 Å². The monoisotopic (exact) mass is 611 g/mol. The minimum absolute atomic E-state index is 0.0311. The largest absolute Gasteiger partial charge is 0.305 e. The van der Waals surface area contributed by atoms with Gasteiger partial charge in [-0.15, -0.1) is 0 Å². The first-order chi connectivity index (χ1) is 17.0. The zero-order valence-electron chi connectivity index (χ0n) is 19.7. The molecule has 2 aliphatic rings. The normalized spacial score (nSPS) is 21.6. The third-order valence-electron chi connectivity index (χ3n) is 6.77. The number of amides is 1. The molecule has 3 aromatic rings. The minimum Gasteiger partial charge on any atom is -0.305 e. The van der Waals surface area contributed by atoms with Crippen LogP contribution in [-0.2, 0) is 20.4 Å². The van der Waals surface area contributed by atoms with E-state index in [1.807, 2.05) is 19.2 Å². The fraction of sp³-hybridized carbons (Fsp3) is 0.333. The first-order valence-electron chi connectivity index (χ1n) is 11.4. The number of benzene rings is 2. The molecule has 5 rings (SSSR count). The summed E-state index contributed by atoms with van der Waals surface area (Å²) < 4.78 is 31.8. The van der Waals surface area contributed by atoms with Gasteiger partial charge in [0.2, 0.25) is 5.95 Å². The smallest absolute Gasteiger partial charge is 0.264 e. The summed E-state index contributed by atoms with van der Waals surface area (Å²) >= 11 is 15.9. The number of rotatable bonds is 4. The Morgan fingerprint density at radius 1 is 1.00 bits per heavy atom. The number of imidazole rings is 1. The lowest BCUT2D eigenvalue weighted by Crippen LogP contribution is -2.42. The molecule has 2 aromatic carbocycles. The Balaban J connectivity index is 1.72. The second kappa shape index (κ2) is 9.41. The van der Waals surface area contributed by atoms with Crippen LogP contribution in [0.15, 0.2) is 58.2 Å². The number of sulfonamides is 1. The second-order valence-electron chi connectivity index (χ2n) is 9.14. The summed E-state index contributed by atoms with van der Waals surface area (Å²) in [6, 6.07) is 12.0. The maximum atomic E-state index is 14.2. The van der Waals surface area contributed by atoms with E-state index in [0.29, 0.717) is 47.4 Å². The number of hydrogen-bond acceptors (Lipinski definition) is 5. The van der Waals surface area contributed by atoms with Gasteiger partial charge in [0.15, 0.2) is 10.6 Å². The Morgan fingerprint density at radius 3 is 2.33 bits per heavy atom. The van der Waals surface area contributed by atoms with Crippen molar-refractivity contribution in [2.45, 2.75) is 23.9 Å². The van der Waals surface area contributed by atoms with Crippen molar-refractivity contribution >= 4 is 66.7 Å². The Bertz CT molecular complexity index is 1430. The molecule has 1 saturated heterocycles. The minimum atomic E-state index is -3.96. The maximum absolute atomic E-state index is 14.2. The molecule has 2 aliphatic heterocycles. The standard InChI is InChI=1S/C24H24BrCl2N5O3S/c1-24(16-4-6-17(25)7-5-16)22(33)31(20-13-18(26)12-19(27)14-20)23-28-15-21(32(23)24)36(34,35)30-9-3-8-29(2)10-11-30/h4-7,12-15H,3,8-11H2,1-2H3/t24-/m1/s1. The van der Waals surface area contributed by atoms with Crippen LogP contribution in [0.1, 0.15) is 18.9 Å². The molecule has 8 nitrogen and oxygen atoms in total. The SMILES string of the molecule is CN1CCCN(S(=O)(=O)c2cnc3n2[C@](C)(c2ccc(Br)cc2)C(=O)N3c2cc(Cl)cc(Cl)c2)CC1. The summed E-state index contributed by atoms with van der Waals surface area (Å²) in [7, 11) is -1.98. The van der Waals surface area contributed by atoms with E-state index < -0.39 is 15.6 Å². The number of carbonyl (C=O) groups excluding carboxylic acids is 1. The zero-order valence-corrected chi connectivity index (χ0v) is 23.6. The molecular weight excluding hydrogens is 589 g/mol. The highest BCUT2D eigenvalue weighted by molar-refractivity contribution is 9.10. The number of aromatic nitrogens is 2. The van der Waals surface area contributed by atoms with Gasteiger partial charge in [0, 0.05) is 34.2 Å². The molecule has 0 bridgehead atoms. The third-order valence-corrected chi connectivity index (χ3v) is 9.60. The van der Waals surface area contributed by atoms with Gasteiger partial charge in [-0.3, -0.25) is 9.36 Å². The van der Waals surface area contributed by atoms with Crippen LogP contribution in [0.3, 0.4) is 0 Å². The van der Waals surface area contributed by atoms with Crippen LogP contribution in [0.25, 0.3) is 0 Å². The summed E-state index contributed by atoms with van der Waals surface area (Å²) in [5.41, 5.74) is -0.352. The van der Waals surface area contributed by atoms with E-state index in [9.17, 15) is 13.2 Å². The highest BCUT2D eigenvalue weighted by atomic mass is 79.9. The topological polar surface area (TPSA) is 78.8 Å². The van der Waals surface area contributed by atoms with E-state index in [1.165, 1.54) is 20.0 Å². The summed E-state index contributed by atoms with van der Waals surface area (Å²) in [5, 5.41) is 0.667. The van der Waals surface area contributed by atoms with Gasteiger partial charge in [0.05, 0.1) is 11.9 Å². The number of anilines is 2. The summed E-state index contributed by atoms with van der Waals surface area (Å²) in [6.07, 6.45) is 2.05. The lowest BCUT2D eigenvalue weighted by atomic mass is 9.91. The van der Waals surface area contributed by atoms with Crippen LogP contribution >= 0.6 is 39.1 Å². The van der Waals surface area contributed by atoms with Gasteiger partial charge in [-0.05, 0) is 62.8 Å². The van der Waals surface area contributed by atoms with E-state index in [-0.39, 0.29) is 16.9 Å². The molecule has 0 N–H and O–H groups in total. The molecule has 1 fully saturated rings. The molecule has 1 aromatic heterocycles. The lowest BCUT2D eigenvalue weighted by molar-refractivity contribution is -0.122. The first-order valence-corrected chi connectivity index (χ1v) is 14.4. The molecule has 3 heterocycles. The quantitative estimate of drug-likeness (QED) is 0.426. The highest BCUT2D eigenvalue weighted by Gasteiger charge is 2.53. The van der Waals surface area contributed by atoms with Crippen molar-refractivity contribution in [2.24, 2.45) is 0 Å². The average molecular weight is 613 g/mol. The molecule has 0 saturated carbocycles. The van der Waals surface area contributed by atoms with Gasteiger partial charge in [-0.2, -0.15) is 4.31 Å². The van der Waals surface area contributed by atoms with E-state index in [0.717, 1.165) is 11.0 Å². The Hall–Kier alpha value is -1.95. The van der Waals surface area contributed by atoms with E-state index in [4.69, 9.17) is 23.2 Å². The van der Waals surface area contributed by atoms with Gasteiger partial charge in [-0.1, -0.05) is 51.3 Å². The summed E-state index contributed by atoms with van der Waals surface area (Å²) in [6.45, 7) is 3.90. The number of likely N-dealkylation sites (N-methyl/N-ethyl adjacent to an activating group) is 1. The van der Waals surface area contributed by atoms with Gasteiger partial charge >= 0.3 is 0 Å². The molecule has 36 heavy (non-hydrogen) atoms. The Morgan fingerprint density at radius 2 is 1.67 bits per heavy atom. The molecule has 12 heteroatoms. The predicted molar refractivity (Wildman–Crippen MR) is 144 cm³/mol. The Labute approximate surface area is 228 Å². The van der Waals surface area contributed by atoms with Crippen molar-refractivity contribution in [3.8, 4) is 0 Å². The molecule has 1 atom stereocenters. The average Bonchev–Trinajstić information content (AvgIpc) is 3.24. The molecular formula is C24H24BrCl2N5O3S. The number of carbonyl (C=O) groups is 1. The van der Waals surface area contributed by atoms with Gasteiger partial charge in [-0.25, -0.2) is 18.3 Å². The Kier molecular flexibility index (Phi) is 6.72. The van der Waals surface area contributed by atoms with Crippen molar-refractivity contribution in [3.05, 3.63) is 68.7 Å².